The minimum atomic E-state index is -0.305. The van der Waals surface area contributed by atoms with Crippen molar-refractivity contribution in [1.82, 2.24) is 0 Å². The minimum absolute atomic E-state index is 0.0138. The summed E-state index contributed by atoms with van der Waals surface area (Å²) in [6.07, 6.45) is 0. The third kappa shape index (κ3) is 3.27. The normalized spacial score (nSPS) is 11.6. The number of halogens is 2. The molecule has 6 heteroatoms. The largest absolute Gasteiger partial charge is 0.409 e. The minimum Gasteiger partial charge on any atom is -0.409 e. The molecular formula is C13H10BrFN2OS. The van der Waals surface area contributed by atoms with Gasteiger partial charge in [-0.2, -0.15) is 0 Å². The number of nitrogens with two attached hydrogens (primary N) is 1. The Hall–Kier alpha value is -1.53. The molecule has 0 atom stereocenters. The van der Waals surface area contributed by atoms with E-state index in [1.165, 1.54) is 17.8 Å². The van der Waals surface area contributed by atoms with E-state index >= 15 is 0 Å². The highest BCUT2D eigenvalue weighted by atomic mass is 79.9. The maximum absolute atomic E-state index is 13.6. The van der Waals surface area contributed by atoms with E-state index in [1.54, 1.807) is 30.3 Å². The van der Waals surface area contributed by atoms with Crippen LogP contribution in [0.4, 0.5) is 4.39 Å². The molecule has 98 valence electrons. The van der Waals surface area contributed by atoms with E-state index in [4.69, 9.17) is 10.9 Å². The molecule has 0 radical (unpaired) electrons. The smallest absolute Gasteiger partial charge is 0.171 e. The Labute approximate surface area is 122 Å². The van der Waals surface area contributed by atoms with Gasteiger partial charge in [0.05, 0.1) is 0 Å². The summed E-state index contributed by atoms with van der Waals surface area (Å²) in [5.74, 6) is -0.319. The first-order valence-electron chi connectivity index (χ1n) is 5.31. The van der Waals surface area contributed by atoms with Crippen molar-refractivity contribution in [3.8, 4) is 0 Å². The Kier molecular flexibility index (Phi) is 4.44. The van der Waals surface area contributed by atoms with Crippen molar-refractivity contribution in [2.45, 2.75) is 9.79 Å². The average molecular weight is 341 g/mol. The predicted octanol–water partition coefficient (Wildman–Crippen LogP) is 3.83. The zero-order valence-corrected chi connectivity index (χ0v) is 12.1. The molecule has 0 aliphatic heterocycles. The van der Waals surface area contributed by atoms with Gasteiger partial charge < -0.3 is 10.9 Å². The molecular weight excluding hydrogens is 331 g/mol. The Morgan fingerprint density at radius 3 is 2.63 bits per heavy atom. The molecule has 0 aliphatic rings. The van der Waals surface area contributed by atoms with Gasteiger partial charge in [0, 0.05) is 19.8 Å². The number of hydrogen-bond acceptors (Lipinski definition) is 3. The van der Waals surface area contributed by atoms with Crippen LogP contribution in [-0.2, 0) is 0 Å². The van der Waals surface area contributed by atoms with E-state index in [1.807, 2.05) is 6.07 Å². The van der Waals surface area contributed by atoms with Crippen molar-refractivity contribution in [3.05, 3.63) is 58.3 Å². The van der Waals surface area contributed by atoms with Gasteiger partial charge in [0.25, 0.3) is 0 Å². The Bertz CT molecular complexity index is 634. The summed E-state index contributed by atoms with van der Waals surface area (Å²) in [6, 6.07) is 11.8. The summed E-state index contributed by atoms with van der Waals surface area (Å²) in [6.45, 7) is 0. The first-order valence-corrected chi connectivity index (χ1v) is 6.92. The van der Waals surface area contributed by atoms with E-state index in [-0.39, 0.29) is 11.7 Å². The van der Waals surface area contributed by atoms with E-state index in [9.17, 15) is 4.39 Å². The highest BCUT2D eigenvalue weighted by Gasteiger charge is 2.11. The van der Waals surface area contributed by atoms with Gasteiger partial charge in [-0.15, -0.1) is 0 Å². The molecule has 0 fully saturated rings. The summed E-state index contributed by atoms with van der Waals surface area (Å²) in [7, 11) is 0. The zero-order valence-electron chi connectivity index (χ0n) is 9.68. The van der Waals surface area contributed by atoms with Gasteiger partial charge >= 0.3 is 0 Å². The summed E-state index contributed by atoms with van der Waals surface area (Å²) >= 11 is 4.54. The molecule has 0 bridgehead atoms. The van der Waals surface area contributed by atoms with Crippen LogP contribution in [0.1, 0.15) is 5.56 Å². The van der Waals surface area contributed by atoms with E-state index in [0.717, 1.165) is 4.47 Å². The summed E-state index contributed by atoms with van der Waals surface area (Å²) in [5, 5.41) is 11.8. The van der Waals surface area contributed by atoms with Crippen molar-refractivity contribution in [2.75, 3.05) is 0 Å². The molecule has 0 spiro atoms. The predicted molar refractivity (Wildman–Crippen MR) is 77.2 cm³/mol. The highest BCUT2D eigenvalue weighted by molar-refractivity contribution is 9.10. The first kappa shape index (κ1) is 13.9. The number of benzene rings is 2. The molecule has 0 saturated heterocycles. The zero-order chi connectivity index (χ0) is 13.8. The number of hydrogen-bond donors (Lipinski definition) is 2. The fraction of sp³-hybridized carbons (Fsp3) is 0. The molecule has 3 nitrogen and oxygen atoms in total. The van der Waals surface area contributed by atoms with E-state index < -0.39 is 0 Å². The van der Waals surface area contributed by atoms with Crippen molar-refractivity contribution in [2.24, 2.45) is 10.9 Å². The molecule has 0 heterocycles. The molecule has 2 aromatic rings. The topological polar surface area (TPSA) is 58.6 Å². The van der Waals surface area contributed by atoms with Crippen LogP contribution in [0.2, 0.25) is 0 Å². The third-order valence-corrected chi connectivity index (χ3v) is 4.00. The lowest BCUT2D eigenvalue weighted by molar-refractivity contribution is 0.318. The second-order valence-electron chi connectivity index (χ2n) is 3.66. The van der Waals surface area contributed by atoms with Gasteiger partial charge in [-0.05, 0) is 30.3 Å². The number of oxime groups is 1. The van der Waals surface area contributed by atoms with Crippen LogP contribution < -0.4 is 5.73 Å². The van der Waals surface area contributed by atoms with Gasteiger partial charge in [0.1, 0.15) is 5.82 Å². The van der Waals surface area contributed by atoms with E-state index in [0.29, 0.717) is 15.4 Å². The lowest BCUT2D eigenvalue weighted by Gasteiger charge is -2.09. The SMILES string of the molecule is N/C(=N/O)c1cc(Br)ccc1Sc1ccccc1F. The monoisotopic (exact) mass is 340 g/mol. The van der Waals surface area contributed by atoms with Crippen molar-refractivity contribution in [1.29, 1.82) is 0 Å². The van der Waals surface area contributed by atoms with E-state index in [2.05, 4.69) is 21.1 Å². The van der Waals surface area contributed by atoms with Crippen LogP contribution in [0.15, 0.2) is 61.9 Å². The van der Waals surface area contributed by atoms with Crippen LogP contribution in [0.3, 0.4) is 0 Å². The molecule has 2 rings (SSSR count). The number of amidine groups is 1. The molecule has 2 aromatic carbocycles. The highest BCUT2D eigenvalue weighted by Crippen LogP contribution is 2.33. The van der Waals surface area contributed by atoms with Gasteiger partial charge in [-0.3, -0.25) is 0 Å². The quantitative estimate of drug-likeness (QED) is 0.386. The van der Waals surface area contributed by atoms with Crippen LogP contribution in [0.5, 0.6) is 0 Å². The molecule has 0 aromatic heterocycles. The maximum atomic E-state index is 13.6. The van der Waals surface area contributed by atoms with Crippen LogP contribution in [0, 0.1) is 5.82 Å². The maximum Gasteiger partial charge on any atom is 0.171 e. The summed E-state index contributed by atoms with van der Waals surface area (Å²) < 4.78 is 14.4. The van der Waals surface area contributed by atoms with Crippen LogP contribution >= 0.6 is 27.7 Å². The first-order chi connectivity index (χ1) is 9.11. The van der Waals surface area contributed by atoms with Crippen LogP contribution in [-0.4, -0.2) is 11.0 Å². The number of nitrogens with zero attached hydrogens (tertiary/aromatic N) is 1. The lowest BCUT2D eigenvalue weighted by atomic mass is 10.2. The van der Waals surface area contributed by atoms with Crippen molar-refractivity contribution in [3.63, 3.8) is 0 Å². The Morgan fingerprint density at radius 2 is 1.95 bits per heavy atom. The molecule has 3 N–H and O–H groups in total. The fourth-order valence-corrected chi connectivity index (χ4v) is 2.81. The molecule has 0 amide bonds. The molecule has 0 aliphatic carbocycles. The summed E-state index contributed by atoms with van der Waals surface area (Å²) in [4.78, 5) is 1.19. The Balaban J connectivity index is 2.43. The van der Waals surface area contributed by atoms with Crippen molar-refractivity contribution < 1.29 is 9.60 Å². The van der Waals surface area contributed by atoms with Gasteiger partial charge in [-0.1, -0.05) is 45.0 Å². The van der Waals surface area contributed by atoms with Gasteiger partial charge in [0.15, 0.2) is 5.84 Å². The van der Waals surface area contributed by atoms with Crippen LogP contribution in [0.25, 0.3) is 0 Å². The molecule has 0 unspecified atom stereocenters. The Morgan fingerprint density at radius 1 is 1.21 bits per heavy atom. The summed E-state index contributed by atoms with van der Waals surface area (Å²) in [5.41, 5.74) is 6.17. The lowest BCUT2D eigenvalue weighted by Crippen LogP contribution is -2.14. The van der Waals surface area contributed by atoms with Gasteiger partial charge in [-0.25, -0.2) is 4.39 Å². The molecule has 0 saturated carbocycles. The number of rotatable bonds is 3. The van der Waals surface area contributed by atoms with Crippen molar-refractivity contribution >= 4 is 33.5 Å². The second-order valence-corrected chi connectivity index (χ2v) is 5.66. The molecule has 19 heavy (non-hydrogen) atoms. The third-order valence-electron chi connectivity index (χ3n) is 2.38. The van der Waals surface area contributed by atoms with Gasteiger partial charge in [0.2, 0.25) is 0 Å². The fourth-order valence-electron chi connectivity index (χ4n) is 1.49. The second kappa shape index (κ2) is 6.08. The average Bonchev–Trinajstić information content (AvgIpc) is 2.42. The standard InChI is InChI=1S/C13H10BrFN2OS/c14-8-5-6-11(9(7-8)13(16)17-18)19-12-4-2-1-3-10(12)15/h1-7,18H,(H2,16,17).